The monoisotopic (exact) mass is 374 g/mol. The van der Waals surface area contributed by atoms with Crippen molar-refractivity contribution in [3.05, 3.63) is 55.7 Å². The predicted octanol–water partition coefficient (Wildman–Crippen LogP) is 3.61. The van der Waals surface area contributed by atoms with E-state index in [4.69, 9.17) is 11.6 Å². The maximum Gasteiger partial charge on any atom is 0.269 e. The van der Waals surface area contributed by atoms with Gasteiger partial charge in [0.1, 0.15) is 0 Å². The molecule has 0 bridgehead atoms. The number of sulfonamides is 1. The molecule has 0 aliphatic heterocycles. The van der Waals surface area contributed by atoms with Crippen LogP contribution >= 0.6 is 22.9 Å². The number of nitro benzene ring substituents is 1. The van der Waals surface area contributed by atoms with E-state index in [0.29, 0.717) is 13.0 Å². The topological polar surface area (TPSA) is 89.3 Å². The molecule has 0 unspecified atom stereocenters. The third-order valence-electron chi connectivity index (χ3n) is 3.17. The standard InChI is InChI=1S/C14H15ClN2O4S2/c15-13-8-10-22-14(13)3-1-2-9-16-23(20,21)12-6-4-11(5-7-12)17(18)19/h4-8,10,16H,1-3,9H2. The van der Waals surface area contributed by atoms with Crippen molar-refractivity contribution in [2.24, 2.45) is 0 Å². The first-order valence-electron chi connectivity index (χ1n) is 6.86. The Balaban J connectivity index is 1.82. The second kappa shape index (κ2) is 7.87. The van der Waals surface area contributed by atoms with Gasteiger partial charge in [-0.3, -0.25) is 10.1 Å². The summed E-state index contributed by atoms with van der Waals surface area (Å²) < 4.78 is 26.6. The van der Waals surface area contributed by atoms with Gasteiger partial charge in [0.2, 0.25) is 10.0 Å². The van der Waals surface area contributed by atoms with Crippen molar-refractivity contribution in [1.82, 2.24) is 4.72 Å². The van der Waals surface area contributed by atoms with Crippen molar-refractivity contribution in [3.63, 3.8) is 0 Å². The molecule has 23 heavy (non-hydrogen) atoms. The molecule has 1 aromatic heterocycles. The second-order valence-corrected chi connectivity index (χ2v) is 7.97. The summed E-state index contributed by atoms with van der Waals surface area (Å²) in [6.45, 7) is 0.308. The van der Waals surface area contributed by atoms with E-state index in [1.807, 2.05) is 11.4 Å². The average molecular weight is 375 g/mol. The molecule has 0 saturated carbocycles. The van der Waals surface area contributed by atoms with Gasteiger partial charge in [-0.05, 0) is 42.8 Å². The van der Waals surface area contributed by atoms with Crippen LogP contribution in [0, 0.1) is 10.1 Å². The normalized spacial score (nSPS) is 11.5. The molecule has 2 rings (SSSR count). The predicted molar refractivity (Wildman–Crippen MR) is 90.6 cm³/mol. The second-order valence-electron chi connectivity index (χ2n) is 4.80. The molecule has 0 atom stereocenters. The fraction of sp³-hybridized carbons (Fsp3) is 0.286. The lowest BCUT2D eigenvalue weighted by atomic mass is 10.2. The molecule has 6 nitrogen and oxygen atoms in total. The van der Waals surface area contributed by atoms with E-state index in [1.165, 1.54) is 24.3 Å². The first-order valence-corrected chi connectivity index (χ1v) is 9.60. The fourth-order valence-electron chi connectivity index (χ4n) is 1.95. The van der Waals surface area contributed by atoms with Crippen molar-refractivity contribution in [3.8, 4) is 0 Å². The summed E-state index contributed by atoms with van der Waals surface area (Å²) in [7, 11) is -3.64. The lowest BCUT2D eigenvalue weighted by Gasteiger charge is -2.06. The first kappa shape index (κ1) is 17.9. The van der Waals surface area contributed by atoms with Crippen LogP contribution in [0.5, 0.6) is 0 Å². The molecule has 0 amide bonds. The van der Waals surface area contributed by atoms with Gasteiger partial charge < -0.3 is 0 Å². The van der Waals surface area contributed by atoms with E-state index < -0.39 is 14.9 Å². The Kier molecular flexibility index (Phi) is 6.11. The summed E-state index contributed by atoms with van der Waals surface area (Å²) in [4.78, 5) is 11.1. The highest BCUT2D eigenvalue weighted by atomic mass is 35.5. The van der Waals surface area contributed by atoms with Crippen LogP contribution in [0.4, 0.5) is 5.69 Å². The van der Waals surface area contributed by atoms with Crippen LogP contribution in [0.3, 0.4) is 0 Å². The molecular formula is C14H15ClN2O4S2. The number of unbranched alkanes of at least 4 members (excludes halogenated alkanes) is 1. The first-order chi connectivity index (χ1) is 10.9. The van der Waals surface area contributed by atoms with Crippen LogP contribution < -0.4 is 4.72 Å². The minimum absolute atomic E-state index is 0.0180. The third-order valence-corrected chi connectivity index (χ3v) is 6.10. The molecule has 9 heteroatoms. The highest BCUT2D eigenvalue weighted by Gasteiger charge is 2.15. The summed E-state index contributed by atoms with van der Waals surface area (Å²) >= 11 is 7.58. The number of nitro groups is 1. The molecule has 1 aromatic carbocycles. The number of benzene rings is 1. The number of nitrogens with zero attached hydrogens (tertiary/aromatic N) is 1. The third kappa shape index (κ3) is 5.00. The van der Waals surface area contributed by atoms with Crippen LogP contribution in [-0.4, -0.2) is 19.9 Å². The van der Waals surface area contributed by atoms with E-state index in [2.05, 4.69) is 4.72 Å². The van der Waals surface area contributed by atoms with E-state index >= 15 is 0 Å². The van der Waals surface area contributed by atoms with Gasteiger partial charge in [-0.25, -0.2) is 13.1 Å². The molecule has 0 fully saturated rings. The number of nitrogens with one attached hydrogen (secondary N) is 1. The Morgan fingerprint density at radius 1 is 1.17 bits per heavy atom. The van der Waals surface area contributed by atoms with Gasteiger partial charge in [-0.15, -0.1) is 11.3 Å². The number of halogens is 1. The zero-order chi connectivity index (χ0) is 16.9. The van der Waals surface area contributed by atoms with E-state index in [1.54, 1.807) is 11.3 Å². The van der Waals surface area contributed by atoms with Crippen molar-refractivity contribution in [1.29, 1.82) is 0 Å². The Morgan fingerprint density at radius 2 is 1.87 bits per heavy atom. The van der Waals surface area contributed by atoms with E-state index in [-0.39, 0.29) is 10.6 Å². The molecule has 0 radical (unpaired) electrons. The number of hydrogen-bond donors (Lipinski definition) is 1. The lowest BCUT2D eigenvalue weighted by Crippen LogP contribution is -2.24. The molecule has 0 aliphatic carbocycles. The summed E-state index contributed by atoms with van der Waals surface area (Å²) in [5.74, 6) is 0. The molecule has 1 N–H and O–H groups in total. The molecular weight excluding hydrogens is 360 g/mol. The van der Waals surface area contributed by atoms with E-state index in [9.17, 15) is 18.5 Å². The van der Waals surface area contributed by atoms with Crippen molar-refractivity contribution < 1.29 is 13.3 Å². The largest absolute Gasteiger partial charge is 0.269 e. The van der Waals surface area contributed by atoms with Crippen LogP contribution in [-0.2, 0) is 16.4 Å². The number of thiophene rings is 1. The van der Waals surface area contributed by atoms with Crippen molar-refractivity contribution in [2.75, 3.05) is 6.54 Å². The van der Waals surface area contributed by atoms with Gasteiger partial charge in [0.05, 0.1) is 14.8 Å². The number of aryl methyl sites for hydroxylation is 1. The Morgan fingerprint density at radius 3 is 2.43 bits per heavy atom. The quantitative estimate of drug-likeness (QED) is 0.434. The van der Waals surface area contributed by atoms with Gasteiger partial charge >= 0.3 is 0 Å². The molecule has 0 saturated heterocycles. The highest BCUT2D eigenvalue weighted by Crippen LogP contribution is 2.23. The number of hydrogen-bond acceptors (Lipinski definition) is 5. The molecule has 124 valence electrons. The zero-order valence-corrected chi connectivity index (χ0v) is 14.5. The maximum atomic E-state index is 12.1. The maximum absolute atomic E-state index is 12.1. The summed E-state index contributed by atoms with van der Waals surface area (Å²) in [6.07, 6.45) is 2.32. The lowest BCUT2D eigenvalue weighted by molar-refractivity contribution is -0.384. The van der Waals surface area contributed by atoms with Gasteiger partial charge in [0, 0.05) is 23.6 Å². The smallest absolute Gasteiger partial charge is 0.258 e. The van der Waals surface area contributed by atoms with Crippen LogP contribution in [0.25, 0.3) is 0 Å². The number of rotatable bonds is 8. The van der Waals surface area contributed by atoms with Gasteiger partial charge in [-0.1, -0.05) is 11.6 Å². The Bertz CT molecular complexity index is 772. The van der Waals surface area contributed by atoms with Crippen molar-refractivity contribution in [2.45, 2.75) is 24.2 Å². The fourth-order valence-corrected chi connectivity index (χ4v) is 4.20. The molecule has 2 aromatic rings. The van der Waals surface area contributed by atoms with Gasteiger partial charge in [0.15, 0.2) is 0 Å². The molecule has 0 spiro atoms. The van der Waals surface area contributed by atoms with Gasteiger partial charge in [-0.2, -0.15) is 0 Å². The average Bonchev–Trinajstić information content (AvgIpc) is 2.92. The van der Waals surface area contributed by atoms with E-state index in [0.717, 1.165) is 22.7 Å². The highest BCUT2D eigenvalue weighted by molar-refractivity contribution is 7.89. The number of non-ortho nitro benzene ring substituents is 1. The molecule has 1 heterocycles. The van der Waals surface area contributed by atoms with Gasteiger partial charge in [0.25, 0.3) is 5.69 Å². The minimum atomic E-state index is -3.64. The van der Waals surface area contributed by atoms with Crippen LogP contribution in [0.1, 0.15) is 17.7 Å². The summed E-state index contributed by atoms with van der Waals surface area (Å²) in [6, 6.07) is 6.65. The summed E-state index contributed by atoms with van der Waals surface area (Å²) in [5.41, 5.74) is -0.142. The SMILES string of the molecule is O=[N+]([O-])c1ccc(S(=O)(=O)NCCCCc2sccc2Cl)cc1. The Labute approximate surface area is 143 Å². The zero-order valence-electron chi connectivity index (χ0n) is 12.1. The minimum Gasteiger partial charge on any atom is -0.258 e. The van der Waals surface area contributed by atoms with Crippen LogP contribution in [0.2, 0.25) is 5.02 Å². The van der Waals surface area contributed by atoms with Crippen LogP contribution in [0.15, 0.2) is 40.6 Å². The molecule has 0 aliphatic rings. The Hall–Kier alpha value is -1.48. The summed E-state index contributed by atoms with van der Waals surface area (Å²) in [5, 5.41) is 13.2. The van der Waals surface area contributed by atoms with Crippen molar-refractivity contribution >= 4 is 38.6 Å².